The molecule has 0 radical (unpaired) electrons. The van der Waals surface area contributed by atoms with E-state index in [4.69, 9.17) is 16.5 Å². The molecule has 10 rings (SSSR count). The minimum absolute atomic E-state index is 0.0504. The maximum Gasteiger partial charge on any atom is 0.188 e. The summed E-state index contributed by atoms with van der Waals surface area (Å²) in [6, 6.07) is 59.3. The summed E-state index contributed by atoms with van der Waals surface area (Å²) in [7, 11) is -3.31. The lowest BCUT2D eigenvalue weighted by atomic mass is 9.88. The zero-order valence-electron chi connectivity index (χ0n) is 35.5. The van der Waals surface area contributed by atoms with Gasteiger partial charge in [0, 0.05) is 28.6 Å². The lowest BCUT2D eigenvalue weighted by molar-refractivity contribution is 0.588. The van der Waals surface area contributed by atoms with Crippen LogP contribution in [0, 0.1) is 6.57 Å². The molecule has 0 saturated carbocycles. The van der Waals surface area contributed by atoms with Crippen LogP contribution >= 0.6 is 0 Å². The van der Waals surface area contributed by atoms with Crippen LogP contribution in [-0.4, -0.2) is 27.2 Å². The fourth-order valence-electron chi connectivity index (χ4n) is 9.45. The molecule has 10 aromatic rings. The average Bonchev–Trinajstić information content (AvgIpc) is 3.79. The van der Waals surface area contributed by atoms with Crippen LogP contribution in [-0.2, 0) is 10.8 Å². The Labute approximate surface area is 358 Å². The zero-order valence-corrected chi connectivity index (χ0v) is 36.5. The van der Waals surface area contributed by atoms with Gasteiger partial charge in [0.25, 0.3) is 0 Å². The van der Waals surface area contributed by atoms with Crippen LogP contribution in [0.15, 0.2) is 176 Å². The molecule has 0 bridgehead atoms. The van der Waals surface area contributed by atoms with Gasteiger partial charge in [-0.1, -0.05) is 151 Å². The van der Waals surface area contributed by atoms with Crippen LogP contribution in [0.4, 0.5) is 5.69 Å². The Morgan fingerprint density at radius 3 is 1.41 bits per heavy atom. The number of nitrogens with zero attached hydrogens (tertiary/aromatic N) is 5. The van der Waals surface area contributed by atoms with Crippen molar-refractivity contribution in [3.8, 4) is 11.6 Å². The van der Waals surface area contributed by atoms with E-state index in [-0.39, 0.29) is 10.8 Å². The van der Waals surface area contributed by atoms with E-state index in [0.29, 0.717) is 5.69 Å². The van der Waals surface area contributed by atoms with Gasteiger partial charge in [0.2, 0.25) is 0 Å². The predicted octanol–water partition coefficient (Wildman–Crippen LogP) is 11.2. The Hall–Kier alpha value is -7.07. The van der Waals surface area contributed by atoms with Crippen molar-refractivity contribution in [2.75, 3.05) is 0 Å². The molecule has 0 spiro atoms. The molecular formula is C55H47N5Si. The number of fused-ring (bicyclic) bond motifs is 6. The second-order valence-electron chi connectivity index (χ2n) is 18.2. The second-order valence-corrected chi connectivity index (χ2v) is 22.0. The summed E-state index contributed by atoms with van der Waals surface area (Å²) in [4.78, 5) is 14.5. The number of benzene rings is 6. The molecule has 0 unspecified atom stereocenters. The maximum atomic E-state index is 8.94. The first kappa shape index (κ1) is 38.1. The van der Waals surface area contributed by atoms with Crippen molar-refractivity contribution in [2.24, 2.45) is 0 Å². The summed E-state index contributed by atoms with van der Waals surface area (Å²) >= 11 is 0. The first-order chi connectivity index (χ1) is 29.5. The molecule has 296 valence electrons. The highest BCUT2D eigenvalue weighted by Crippen LogP contribution is 2.37. The molecule has 6 aromatic carbocycles. The maximum absolute atomic E-state index is 8.94. The van der Waals surface area contributed by atoms with Gasteiger partial charge in [-0.2, -0.15) is 0 Å². The van der Waals surface area contributed by atoms with E-state index in [0.717, 1.165) is 55.0 Å². The minimum atomic E-state index is -3.31. The highest BCUT2D eigenvalue weighted by molar-refractivity contribution is 7.20. The van der Waals surface area contributed by atoms with E-state index in [9.17, 15) is 0 Å². The largest absolute Gasteiger partial charge is 0.294 e. The van der Waals surface area contributed by atoms with Crippen LogP contribution in [0.1, 0.15) is 52.7 Å². The topological polar surface area (TPSA) is 40.0 Å². The molecule has 0 saturated heterocycles. The Balaban J connectivity index is 1.36. The van der Waals surface area contributed by atoms with Crippen molar-refractivity contribution in [2.45, 2.75) is 52.4 Å². The van der Waals surface area contributed by atoms with E-state index < -0.39 is 8.07 Å². The number of pyridine rings is 2. The summed E-state index contributed by atoms with van der Waals surface area (Å²) < 4.78 is 4.64. The van der Waals surface area contributed by atoms with Crippen LogP contribution in [0.3, 0.4) is 0 Å². The third-order valence-corrected chi connectivity index (χ3v) is 17.3. The number of aromatic nitrogens is 4. The van der Waals surface area contributed by atoms with Crippen LogP contribution in [0.5, 0.6) is 0 Å². The zero-order chi connectivity index (χ0) is 42.1. The van der Waals surface area contributed by atoms with Crippen molar-refractivity contribution in [1.29, 1.82) is 0 Å². The van der Waals surface area contributed by atoms with Crippen LogP contribution in [0.2, 0.25) is 0 Å². The van der Waals surface area contributed by atoms with Crippen LogP contribution in [0.25, 0.3) is 60.1 Å². The van der Waals surface area contributed by atoms with Crippen LogP contribution < -0.4 is 20.7 Å². The quantitative estimate of drug-likeness (QED) is 0.0954. The van der Waals surface area contributed by atoms with Crippen molar-refractivity contribution in [1.82, 2.24) is 19.1 Å². The van der Waals surface area contributed by atoms with Gasteiger partial charge in [-0.3, -0.25) is 9.13 Å². The monoisotopic (exact) mass is 805 g/mol. The minimum Gasteiger partial charge on any atom is -0.294 e. The van der Waals surface area contributed by atoms with Crippen molar-refractivity contribution in [3.63, 3.8) is 0 Å². The average molecular weight is 806 g/mol. The number of rotatable bonds is 6. The molecule has 0 amide bonds. The Morgan fingerprint density at radius 1 is 0.443 bits per heavy atom. The van der Waals surface area contributed by atoms with Crippen molar-refractivity contribution >= 4 is 78.1 Å². The molecule has 4 heterocycles. The van der Waals surface area contributed by atoms with E-state index in [1.807, 2.05) is 12.4 Å². The molecule has 0 aliphatic carbocycles. The van der Waals surface area contributed by atoms with E-state index in [1.54, 1.807) is 0 Å². The SMILES string of the molecule is [C-]#[N+]c1cc2c3ccccc3n(-c3cc(C(C)(C)C)ccn3)c2cc1[Si](c1ccccc1)(c1ccccc1)c1ccc2c3ccccc3n(-c3cc(C(C)(C)C)ccn3)c2c1. The number of hydrogen-bond donors (Lipinski definition) is 0. The summed E-state index contributed by atoms with van der Waals surface area (Å²) in [6.45, 7) is 22.4. The highest BCUT2D eigenvalue weighted by atomic mass is 28.3. The summed E-state index contributed by atoms with van der Waals surface area (Å²) in [5.41, 5.74) is 7.27. The lowest BCUT2D eigenvalue weighted by Gasteiger charge is -2.35. The predicted molar refractivity (Wildman–Crippen MR) is 258 cm³/mol. The fraction of sp³-hybridized carbons (Fsp3) is 0.145. The third kappa shape index (κ3) is 6.11. The molecule has 4 aromatic heterocycles. The van der Waals surface area contributed by atoms with E-state index >= 15 is 0 Å². The van der Waals surface area contributed by atoms with Gasteiger partial charge in [-0.25, -0.2) is 14.8 Å². The Bertz CT molecular complexity index is 3300. The molecule has 61 heavy (non-hydrogen) atoms. The molecule has 0 fully saturated rings. The first-order valence-corrected chi connectivity index (χ1v) is 23.0. The van der Waals surface area contributed by atoms with Gasteiger partial charge >= 0.3 is 0 Å². The number of para-hydroxylation sites is 2. The molecule has 0 aliphatic heterocycles. The molecule has 6 heteroatoms. The van der Waals surface area contributed by atoms with Gasteiger partial charge in [0.05, 0.1) is 28.6 Å². The highest BCUT2D eigenvalue weighted by Gasteiger charge is 2.44. The molecular weight excluding hydrogens is 759 g/mol. The van der Waals surface area contributed by atoms with Gasteiger partial charge in [0.15, 0.2) is 13.8 Å². The van der Waals surface area contributed by atoms with Gasteiger partial charge in [-0.05, 0) is 103 Å². The first-order valence-electron chi connectivity index (χ1n) is 21.0. The standard InChI is InChI=1S/C55H47N5Si/c1-54(2,3)37-28-30-57-52(32-37)59-47-24-16-14-22-42(47)44-27-26-41(34-49(44)59)61(39-18-10-8-11-19-39,40-20-12-9-13-21-40)51-36-50-45(35-46(51)56-7)43-23-15-17-25-48(43)60(50)53-33-38(29-31-58-53)55(4,5)6/h8-36H,1-6H3. The second kappa shape index (κ2) is 14.3. The fourth-order valence-corrected chi connectivity index (χ4v) is 14.3. The molecule has 5 nitrogen and oxygen atoms in total. The smallest absolute Gasteiger partial charge is 0.188 e. The van der Waals surface area contributed by atoms with Crippen molar-refractivity contribution < 1.29 is 0 Å². The molecule has 0 aliphatic rings. The molecule has 0 N–H and O–H groups in total. The molecule has 0 atom stereocenters. The summed E-state index contributed by atoms with van der Waals surface area (Å²) in [6.07, 6.45) is 3.87. The summed E-state index contributed by atoms with van der Waals surface area (Å²) in [5.74, 6) is 1.75. The third-order valence-electron chi connectivity index (χ3n) is 12.5. The van der Waals surface area contributed by atoms with E-state index in [2.05, 4.69) is 219 Å². The Morgan fingerprint density at radius 2 is 0.902 bits per heavy atom. The van der Waals surface area contributed by atoms with Gasteiger partial charge in [0.1, 0.15) is 11.6 Å². The van der Waals surface area contributed by atoms with Gasteiger partial charge in [-0.15, -0.1) is 0 Å². The Kier molecular flexibility index (Phi) is 8.94. The van der Waals surface area contributed by atoms with Crippen molar-refractivity contribution in [3.05, 3.63) is 199 Å². The van der Waals surface area contributed by atoms with Gasteiger partial charge < -0.3 is 0 Å². The lowest BCUT2D eigenvalue weighted by Crippen LogP contribution is -2.74. The summed E-state index contributed by atoms with van der Waals surface area (Å²) in [5, 5.41) is 9.11. The number of hydrogen-bond acceptors (Lipinski definition) is 2. The normalized spacial score (nSPS) is 12.4. The van der Waals surface area contributed by atoms with E-state index in [1.165, 1.54) is 32.1 Å².